The lowest BCUT2D eigenvalue weighted by Gasteiger charge is -2.12. The fourth-order valence-electron chi connectivity index (χ4n) is 1.24. The summed E-state index contributed by atoms with van der Waals surface area (Å²) in [4.78, 5) is 4.27. The molecule has 1 rings (SSSR count). The van der Waals surface area contributed by atoms with Crippen molar-refractivity contribution in [3.63, 3.8) is 0 Å². The fraction of sp³-hybridized carbons (Fsp3) is 0.500. The number of pyridine rings is 1. The Morgan fingerprint density at radius 1 is 1.47 bits per heavy atom. The first-order valence-electron chi connectivity index (χ1n) is 4.92. The zero-order chi connectivity index (χ0) is 11.1. The zero-order valence-corrected chi connectivity index (χ0v) is 9.97. The monoisotopic (exact) mass is 226 g/mol. The number of nitrogen functional groups attached to an aromatic ring is 1. The van der Waals surface area contributed by atoms with Crippen LogP contribution in [0.4, 0.5) is 11.6 Å². The molecule has 0 amide bonds. The average molecular weight is 226 g/mol. The van der Waals surface area contributed by atoms with E-state index in [9.17, 15) is 0 Å². The van der Waals surface area contributed by atoms with Crippen molar-refractivity contribution in [1.82, 2.24) is 4.98 Å². The molecular weight excluding hydrogens is 208 g/mol. The molecule has 1 aromatic rings. The van der Waals surface area contributed by atoms with E-state index < -0.39 is 0 Å². The van der Waals surface area contributed by atoms with E-state index in [0.29, 0.717) is 11.7 Å². The van der Waals surface area contributed by atoms with Crippen LogP contribution < -0.4 is 16.6 Å². The van der Waals surface area contributed by atoms with Crippen LogP contribution in [0.1, 0.15) is 6.92 Å². The van der Waals surface area contributed by atoms with Crippen molar-refractivity contribution in [3.05, 3.63) is 18.2 Å². The van der Waals surface area contributed by atoms with Crippen molar-refractivity contribution < 1.29 is 0 Å². The highest BCUT2D eigenvalue weighted by molar-refractivity contribution is 7.98. The predicted molar refractivity (Wildman–Crippen MR) is 68.1 cm³/mol. The Bertz CT molecular complexity index is 293. The maximum atomic E-state index is 5.28. The Kier molecular flexibility index (Phi) is 5.28. The van der Waals surface area contributed by atoms with E-state index >= 15 is 0 Å². The van der Waals surface area contributed by atoms with E-state index in [2.05, 4.69) is 28.9 Å². The summed E-state index contributed by atoms with van der Waals surface area (Å²) in [5, 5.41) is 3.28. The summed E-state index contributed by atoms with van der Waals surface area (Å²) in [6.07, 6.45) is 2.12. The van der Waals surface area contributed by atoms with Gasteiger partial charge in [-0.3, -0.25) is 0 Å². The number of rotatable bonds is 6. The second-order valence-electron chi connectivity index (χ2n) is 3.49. The number of thioether (sulfide) groups is 1. The van der Waals surface area contributed by atoms with Crippen LogP contribution >= 0.6 is 11.8 Å². The van der Waals surface area contributed by atoms with Crippen molar-refractivity contribution in [2.45, 2.75) is 6.92 Å². The minimum atomic E-state index is 0.635. The molecule has 0 radical (unpaired) electrons. The Morgan fingerprint density at radius 3 is 2.87 bits per heavy atom. The number of hydrogen-bond donors (Lipinski definition) is 3. The van der Waals surface area contributed by atoms with Gasteiger partial charge in [-0.05, 0) is 30.1 Å². The van der Waals surface area contributed by atoms with Gasteiger partial charge in [0.15, 0.2) is 0 Å². The first-order chi connectivity index (χ1) is 7.26. The van der Waals surface area contributed by atoms with Crippen molar-refractivity contribution in [2.24, 2.45) is 11.8 Å². The van der Waals surface area contributed by atoms with Crippen LogP contribution in [-0.2, 0) is 0 Å². The fourth-order valence-corrected chi connectivity index (χ4v) is 1.92. The number of nitrogens with zero attached hydrogens (tertiary/aromatic N) is 1. The summed E-state index contributed by atoms with van der Waals surface area (Å²) in [6, 6.07) is 5.69. The molecule has 15 heavy (non-hydrogen) atoms. The highest BCUT2D eigenvalue weighted by Gasteiger charge is 2.01. The molecule has 1 unspecified atom stereocenters. The minimum Gasteiger partial charge on any atom is -0.370 e. The molecule has 0 aliphatic heterocycles. The third kappa shape index (κ3) is 4.40. The standard InChI is InChI=1S/C10H18N4S/c1-8(7-15-2)6-12-9-4-3-5-10(13-9)14-11/h3-5,8H,6-7,11H2,1-2H3,(H2,12,13,14). The molecule has 84 valence electrons. The lowest BCUT2D eigenvalue weighted by Crippen LogP contribution is -2.15. The predicted octanol–water partition coefficient (Wildman–Crippen LogP) is 1.78. The lowest BCUT2D eigenvalue weighted by atomic mass is 10.2. The topological polar surface area (TPSA) is 63.0 Å². The van der Waals surface area contributed by atoms with Crippen LogP contribution in [0, 0.1) is 5.92 Å². The quantitative estimate of drug-likeness (QED) is 0.510. The molecule has 1 aromatic heterocycles. The molecule has 0 aliphatic carbocycles. The van der Waals surface area contributed by atoms with Gasteiger partial charge < -0.3 is 10.7 Å². The van der Waals surface area contributed by atoms with E-state index in [4.69, 9.17) is 5.84 Å². The Morgan fingerprint density at radius 2 is 2.20 bits per heavy atom. The van der Waals surface area contributed by atoms with Crippen LogP contribution in [0.5, 0.6) is 0 Å². The molecule has 4 nitrogen and oxygen atoms in total. The van der Waals surface area contributed by atoms with Crippen LogP contribution in [0.15, 0.2) is 18.2 Å². The minimum absolute atomic E-state index is 0.635. The van der Waals surface area contributed by atoms with Crippen LogP contribution in [0.2, 0.25) is 0 Å². The van der Waals surface area contributed by atoms with E-state index in [0.717, 1.165) is 18.1 Å². The van der Waals surface area contributed by atoms with E-state index in [1.54, 1.807) is 0 Å². The number of hydrogen-bond acceptors (Lipinski definition) is 5. The molecule has 0 fully saturated rings. The second-order valence-corrected chi connectivity index (χ2v) is 4.40. The van der Waals surface area contributed by atoms with E-state index in [1.165, 1.54) is 0 Å². The summed E-state index contributed by atoms with van der Waals surface area (Å²) in [5.74, 6) is 8.61. The molecule has 0 saturated heterocycles. The number of anilines is 2. The number of nitrogens with one attached hydrogen (secondary N) is 2. The molecular formula is C10H18N4S. The molecule has 5 heteroatoms. The highest BCUT2D eigenvalue weighted by Crippen LogP contribution is 2.10. The largest absolute Gasteiger partial charge is 0.370 e. The third-order valence-corrected chi connectivity index (χ3v) is 2.88. The normalized spacial score (nSPS) is 12.2. The first-order valence-corrected chi connectivity index (χ1v) is 6.32. The van der Waals surface area contributed by atoms with Crippen LogP contribution in [0.25, 0.3) is 0 Å². The SMILES string of the molecule is CSCC(C)CNc1cccc(NN)n1. The van der Waals surface area contributed by atoms with Gasteiger partial charge in [0.05, 0.1) is 0 Å². The number of hydrazine groups is 1. The summed E-state index contributed by atoms with van der Waals surface area (Å²) in [5.41, 5.74) is 2.52. The molecule has 0 bridgehead atoms. The van der Waals surface area contributed by atoms with Gasteiger partial charge in [-0.2, -0.15) is 11.8 Å². The Balaban J connectivity index is 2.43. The molecule has 1 heterocycles. The third-order valence-electron chi connectivity index (χ3n) is 1.98. The summed E-state index contributed by atoms with van der Waals surface area (Å²) in [7, 11) is 0. The van der Waals surface area contributed by atoms with Gasteiger partial charge in [-0.1, -0.05) is 13.0 Å². The van der Waals surface area contributed by atoms with Crippen molar-refractivity contribution >= 4 is 23.4 Å². The number of aromatic nitrogens is 1. The Labute approximate surface area is 95.0 Å². The summed E-state index contributed by atoms with van der Waals surface area (Å²) >= 11 is 1.86. The second kappa shape index (κ2) is 6.53. The molecule has 0 saturated carbocycles. The first kappa shape index (κ1) is 12.1. The van der Waals surface area contributed by atoms with Gasteiger partial charge in [-0.15, -0.1) is 0 Å². The van der Waals surface area contributed by atoms with Gasteiger partial charge >= 0.3 is 0 Å². The van der Waals surface area contributed by atoms with Crippen LogP contribution in [-0.4, -0.2) is 23.5 Å². The van der Waals surface area contributed by atoms with Crippen molar-refractivity contribution in [3.8, 4) is 0 Å². The smallest absolute Gasteiger partial charge is 0.142 e. The number of nitrogens with two attached hydrogens (primary N) is 1. The van der Waals surface area contributed by atoms with E-state index in [1.807, 2.05) is 30.0 Å². The van der Waals surface area contributed by atoms with E-state index in [-0.39, 0.29) is 0 Å². The van der Waals surface area contributed by atoms with Gasteiger partial charge in [0.2, 0.25) is 0 Å². The molecule has 0 spiro atoms. The molecule has 4 N–H and O–H groups in total. The summed E-state index contributed by atoms with van der Waals surface area (Å²) < 4.78 is 0. The van der Waals surface area contributed by atoms with Gasteiger partial charge in [0.25, 0.3) is 0 Å². The van der Waals surface area contributed by atoms with Crippen molar-refractivity contribution in [2.75, 3.05) is 29.3 Å². The van der Waals surface area contributed by atoms with Gasteiger partial charge in [-0.25, -0.2) is 10.8 Å². The highest BCUT2D eigenvalue weighted by atomic mass is 32.2. The molecule has 1 atom stereocenters. The molecule has 0 aliphatic rings. The summed E-state index contributed by atoms with van der Waals surface area (Å²) in [6.45, 7) is 3.15. The average Bonchev–Trinajstić information content (AvgIpc) is 2.27. The maximum absolute atomic E-state index is 5.28. The Hall–Kier alpha value is -0.940. The maximum Gasteiger partial charge on any atom is 0.142 e. The van der Waals surface area contributed by atoms with Crippen LogP contribution in [0.3, 0.4) is 0 Å². The molecule has 0 aromatic carbocycles. The van der Waals surface area contributed by atoms with Crippen molar-refractivity contribution in [1.29, 1.82) is 0 Å². The van der Waals surface area contributed by atoms with Gasteiger partial charge in [0.1, 0.15) is 11.6 Å². The lowest BCUT2D eigenvalue weighted by molar-refractivity contribution is 0.699. The van der Waals surface area contributed by atoms with Gasteiger partial charge in [0, 0.05) is 6.54 Å². The zero-order valence-electron chi connectivity index (χ0n) is 9.16.